The summed E-state index contributed by atoms with van der Waals surface area (Å²) >= 11 is 1.36. The number of benzene rings is 1. The third kappa shape index (κ3) is 2.08. The first-order chi connectivity index (χ1) is 8.33. The first-order valence-corrected chi connectivity index (χ1v) is 6.40. The van der Waals surface area contributed by atoms with Crippen LogP contribution in [-0.4, -0.2) is 5.78 Å². The van der Waals surface area contributed by atoms with E-state index in [0.717, 1.165) is 29.2 Å². The van der Waals surface area contributed by atoms with Crippen molar-refractivity contribution in [2.45, 2.75) is 19.3 Å². The van der Waals surface area contributed by atoms with Crippen molar-refractivity contribution in [3.63, 3.8) is 0 Å². The highest BCUT2D eigenvalue weighted by Gasteiger charge is 2.21. The van der Waals surface area contributed by atoms with Crippen molar-refractivity contribution in [1.82, 2.24) is 0 Å². The van der Waals surface area contributed by atoms with E-state index in [1.165, 1.54) is 11.3 Å². The Bertz CT molecular complexity index is 610. The fourth-order valence-corrected chi connectivity index (χ4v) is 2.81. The molecule has 86 valence electrons. The molecular formula is C13H11NO2S. The SMILES string of the molecule is O=C1CCCc2oc(=Nc3ccccc3)sc21. The second-order valence-electron chi connectivity index (χ2n) is 3.95. The Morgan fingerprint density at radius 3 is 2.76 bits per heavy atom. The van der Waals surface area contributed by atoms with Gasteiger partial charge in [0.2, 0.25) is 0 Å². The number of nitrogens with zero attached hydrogens (tertiary/aromatic N) is 1. The Hall–Kier alpha value is -1.68. The van der Waals surface area contributed by atoms with Crippen molar-refractivity contribution in [2.24, 2.45) is 4.99 Å². The fourth-order valence-electron chi connectivity index (χ4n) is 1.87. The van der Waals surface area contributed by atoms with E-state index in [1.54, 1.807) is 0 Å². The molecule has 0 N–H and O–H groups in total. The Morgan fingerprint density at radius 2 is 2.00 bits per heavy atom. The summed E-state index contributed by atoms with van der Waals surface area (Å²) < 4.78 is 5.61. The predicted octanol–water partition coefficient (Wildman–Crippen LogP) is 3.09. The van der Waals surface area contributed by atoms with Crippen LogP contribution in [0, 0.1) is 0 Å². The molecule has 0 saturated heterocycles. The molecular weight excluding hydrogens is 234 g/mol. The zero-order valence-corrected chi connectivity index (χ0v) is 10.00. The van der Waals surface area contributed by atoms with Gasteiger partial charge in [-0.15, -0.1) is 0 Å². The molecule has 0 aliphatic heterocycles. The molecule has 3 rings (SSSR count). The Morgan fingerprint density at radius 1 is 1.18 bits per heavy atom. The molecule has 1 aromatic carbocycles. The minimum Gasteiger partial charge on any atom is -0.434 e. The van der Waals surface area contributed by atoms with E-state index in [9.17, 15) is 4.79 Å². The van der Waals surface area contributed by atoms with Crippen molar-refractivity contribution < 1.29 is 9.21 Å². The Kier molecular flexibility index (Phi) is 2.65. The standard InChI is InChI=1S/C13H11NO2S/c15-10-7-4-8-11-12(10)17-13(16-11)14-9-5-2-1-3-6-9/h1-3,5-6H,4,7-8H2. The topological polar surface area (TPSA) is 42.6 Å². The molecule has 3 nitrogen and oxygen atoms in total. The van der Waals surface area contributed by atoms with Crippen LogP contribution >= 0.6 is 11.3 Å². The third-order valence-corrected chi connectivity index (χ3v) is 3.70. The van der Waals surface area contributed by atoms with Gasteiger partial charge in [-0.1, -0.05) is 29.5 Å². The summed E-state index contributed by atoms with van der Waals surface area (Å²) in [5.41, 5.74) is 0.849. The molecule has 0 saturated carbocycles. The van der Waals surface area contributed by atoms with Crippen LogP contribution in [0.1, 0.15) is 28.3 Å². The Labute approximate surface area is 102 Å². The van der Waals surface area contributed by atoms with Gasteiger partial charge in [-0.25, -0.2) is 4.99 Å². The summed E-state index contributed by atoms with van der Waals surface area (Å²) in [6, 6.07) is 9.63. The zero-order chi connectivity index (χ0) is 11.7. The molecule has 0 bridgehead atoms. The van der Waals surface area contributed by atoms with E-state index in [1.807, 2.05) is 30.3 Å². The van der Waals surface area contributed by atoms with E-state index in [-0.39, 0.29) is 5.78 Å². The lowest BCUT2D eigenvalue weighted by molar-refractivity contribution is 0.0972. The van der Waals surface area contributed by atoms with Gasteiger partial charge in [-0.3, -0.25) is 4.79 Å². The van der Waals surface area contributed by atoms with Gasteiger partial charge < -0.3 is 4.42 Å². The largest absolute Gasteiger partial charge is 0.434 e. The van der Waals surface area contributed by atoms with Crippen molar-refractivity contribution in [3.05, 3.63) is 45.8 Å². The minimum absolute atomic E-state index is 0.189. The summed E-state index contributed by atoms with van der Waals surface area (Å²) in [6.45, 7) is 0. The molecule has 1 aliphatic rings. The number of aryl methyl sites for hydroxylation is 1. The van der Waals surface area contributed by atoms with Crippen LogP contribution in [0.5, 0.6) is 0 Å². The first kappa shape index (κ1) is 10.5. The van der Waals surface area contributed by atoms with Crippen LogP contribution in [0.4, 0.5) is 5.69 Å². The summed E-state index contributed by atoms with van der Waals surface area (Å²) in [5.74, 6) is 0.996. The lowest BCUT2D eigenvalue weighted by atomic mass is 10.0. The van der Waals surface area contributed by atoms with Gasteiger partial charge in [0.15, 0.2) is 5.78 Å². The molecule has 0 unspecified atom stereocenters. The maximum Gasteiger partial charge on any atom is 0.279 e. The molecule has 0 radical (unpaired) electrons. The van der Waals surface area contributed by atoms with Crippen LogP contribution in [0.3, 0.4) is 0 Å². The van der Waals surface area contributed by atoms with E-state index in [4.69, 9.17) is 4.42 Å². The molecule has 1 aliphatic carbocycles. The molecule has 2 aromatic rings. The predicted molar refractivity (Wildman–Crippen MR) is 65.5 cm³/mol. The van der Waals surface area contributed by atoms with Crippen LogP contribution < -0.4 is 4.87 Å². The molecule has 4 heteroatoms. The van der Waals surface area contributed by atoms with Crippen LogP contribution in [0.25, 0.3) is 0 Å². The van der Waals surface area contributed by atoms with E-state index in [2.05, 4.69) is 4.99 Å². The quantitative estimate of drug-likeness (QED) is 0.774. The minimum atomic E-state index is 0.189. The smallest absolute Gasteiger partial charge is 0.279 e. The van der Waals surface area contributed by atoms with Gasteiger partial charge in [0, 0.05) is 12.8 Å². The number of para-hydroxylation sites is 1. The summed E-state index contributed by atoms with van der Waals surface area (Å²) in [6.07, 6.45) is 2.37. The van der Waals surface area contributed by atoms with E-state index < -0.39 is 0 Å². The lowest BCUT2D eigenvalue weighted by Gasteiger charge is -2.05. The third-order valence-electron chi connectivity index (χ3n) is 2.69. The van der Waals surface area contributed by atoms with Gasteiger partial charge in [0.1, 0.15) is 10.6 Å². The van der Waals surface area contributed by atoms with Crippen LogP contribution in [-0.2, 0) is 6.42 Å². The first-order valence-electron chi connectivity index (χ1n) is 5.59. The molecule has 1 heterocycles. The van der Waals surface area contributed by atoms with Crippen molar-refractivity contribution in [1.29, 1.82) is 0 Å². The highest BCUT2D eigenvalue weighted by molar-refractivity contribution is 7.11. The fraction of sp³-hybridized carbons (Fsp3) is 0.231. The number of fused-ring (bicyclic) bond motifs is 1. The maximum absolute atomic E-state index is 11.7. The maximum atomic E-state index is 11.7. The van der Waals surface area contributed by atoms with E-state index in [0.29, 0.717) is 11.3 Å². The van der Waals surface area contributed by atoms with Crippen LogP contribution in [0.15, 0.2) is 39.7 Å². The number of Topliss-reactive ketones (excluding diaryl/α,β-unsaturated/α-hetero) is 1. The summed E-state index contributed by atoms with van der Waals surface area (Å²) in [7, 11) is 0. The second kappa shape index (κ2) is 4.30. The van der Waals surface area contributed by atoms with E-state index >= 15 is 0 Å². The zero-order valence-electron chi connectivity index (χ0n) is 9.18. The Balaban J connectivity index is 2.06. The van der Waals surface area contributed by atoms with Crippen molar-refractivity contribution in [3.8, 4) is 0 Å². The molecule has 0 atom stereocenters. The number of hydrogen-bond donors (Lipinski definition) is 0. The second-order valence-corrected chi connectivity index (χ2v) is 4.91. The highest BCUT2D eigenvalue weighted by atomic mass is 32.1. The van der Waals surface area contributed by atoms with Gasteiger partial charge in [-0.05, 0) is 18.6 Å². The number of rotatable bonds is 1. The number of carbonyl (C=O) groups excluding carboxylic acids is 1. The van der Waals surface area contributed by atoms with Crippen LogP contribution in [0.2, 0.25) is 0 Å². The van der Waals surface area contributed by atoms with Gasteiger partial charge in [0.25, 0.3) is 4.87 Å². The molecule has 0 amide bonds. The molecule has 1 aromatic heterocycles. The number of carbonyl (C=O) groups is 1. The van der Waals surface area contributed by atoms with Crippen molar-refractivity contribution >= 4 is 22.8 Å². The molecule has 0 spiro atoms. The normalized spacial score (nSPS) is 16.0. The molecule has 17 heavy (non-hydrogen) atoms. The summed E-state index contributed by atoms with van der Waals surface area (Å²) in [5, 5.41) is 0. The monoisotopic (exact) mass is 245 g/mol. The van der Waals surface area contributed by atoms with Gasteiger partial charge in [-0.2, -0.15) is 0 Å². The average molecular weight is 245 g/mol. The molecule has 0 fully saturated rings. The average Bonchev–Trinajstić information content (AvgIpc) is 2.74. The lowest BCUT2D eigenvalue weighted by Crippen LogP contribution is -2.06. The highest BCUT2D eigenvalue weighted by Crippen LogP contribution is 2.23. The van der Waals surface area contributed by atoms with Crippen molar-refractivity contribution in [2.75, 3.05) is 0 Å². The number of hydrogen-bond acceptors (Lipinski definition) is 4. The van der Waals surface area contributed by atoms with Gasteiger partial charge in [0.05, 0.1) is 5.69 Å². The summed E-state index contributed by atoms with van der Waals surface area (Å²) in [4.78, 5) is 17.4. The van der Waals surface area contributed by atoms with Gasteiger partial charge >= 0.3 is 0 Å². The number of ketones is 1.